The van der Waals surface area contributed by atoms with Crippen molar-refractivity contribution in [2.45, 2.75) is 13.3 Å². The third-order valence-electron chi connectivity index (χ3n) is 1.48. The molecule has 1 aliphatic rings. The van der Waals surface area contributed by atoms with Crippen molar-refractivity contribution in [3.05, 3.63) is 0 Å². The Hall–Kier alpha value is -0.0200. The lowest BCUT2D eigenvalue weighted by Crippen LogP contribution is -2.32. The van der Waals surface area contributed by atoms with Crippen molar-refractivity contribution in [2.75, 3.05) is 24.7 Å². The maximum atomic E-state index is 10.7. The Morgan fingerprint density at radius 2 is 2.50 bits per heavy atom. The van der Waals surface area contributed by atoms with E-state index in [9.17, 15) is 4.79 Å². The van der Waals surface area contributed by atoms with Crippen LogP contribution >= 0.6 is 11.8 Å². The molecule has 0 aromatic heterocycles. The Bertz CT molecular complexity index is 121. The molecule has 0 aromatic carbocycles. The van der Waals surface area contributed by atoms with Crippen LogP contribution in [0.4, 0.5) is 0 Å². The normalized spacial score (nSPS) is 20.9. The molecule has 0 aliphatic carbocycles. The number of thioether (sulfide) groups is 1. The third-order valence-corrected chi connectivity index (χ3v) is 2.61. The summed E-state index contributed by atoms with van der Waals surface area (Å²) in [6, 6.07) is 0. The van der Waals surface area contributed by atoms with Crippen LogP contribution in [0.25, 0.3) is 0 Å². The van der Waals surface area contributed by atoms with Gasteiger partial charge in [0.1, 0.15) is 5.78 Å². The van der Waals surface area contributed by atoms with Gasteiger partial charge in [0.15, 0.2) is 0 Å². The molecule has 1 fully saturated rings. The molecule has 0 unspecified atom stereocenters. The molecule has 3 heteroatoms. The summed E-state index contributed by atoms with van der Waals surface area (Å²) in [6.45, 7) is 3.40. The lowest BCUT2D eigenvalue weighted by atomic mass is 10.3. The van der Waals surface area contributed by atoms with Crippen molar-refractivity contribution in [1.82, 2.24) is 4.90 Å². The SMILES string of the molecule is CC(=O)CN1CCCSC1. The predicted molar refractivity (Wildman–Crippen MR) is 44.2 cm³/mol. The van der Waals surface area contributed by atoms with E-state index in [1.807, 2.05) is 11.8 Å². The zero-order valence-corrected chi connectivity index (χ0v) is 7.12. The summed E-state index contributed by atoms with van der Waals surface area (Å²) in [5, 5.41) is 0. The minimum atomic E-state index is 0.280. The zero-order chi connectivity index (χ0) is 7.40. The van der Waals surface area contributed by atoms with Crippen molar-refractivity contribution in [3.8, 4) is 0 Å². The number of Topliss-reactive ketones (excluding diaryl/α,β-unsaturated/α-hetero) is 1. The van der Waals surface area contributed by atoms with Gasteiger partial charge in [-0.05, 0) is 19.1 Å². The molecule has 0 spiro atoms. The molecule has 10 heavy (non-hydrogen) atoms. The minimum Gasteiger partial charge on any atom is -0.299 e. The largest absolute Gasteiger partial charge is 0.299 e. The zero-order valence-electron chi connectivity index (χ0n) is 6.30. The van der Waals surface area contributed by atoms with Gasteiger partial charge < -0.3 is 0 Å². The smallest absolute Gasteiger partial charge is 0.143 e. The van der Waals surface area contributed by atoms with Gasteiger partial charge in [0.2, 0.25) is 0 Å². The lowest BCUT2D eigenvalue weighted by molar-refractivity contribution is -0.117. The molecule has 1 saturated heterocycles. The summed E-state index contributed by atoms with van der Waals surface area (Å²) in [4.78, 5) is 12.9. The Labute approximate surface area is 66.0 Å². The van der Waals surface area contributed by atoms with Crippen LogP contribution < -0.4 is 0 Å². The first-order valence-corrected chi connectivity index (χ1v) is 4.74. The van der Waals surface area contributed by atoms with Crippen LogP contribution in [-0.4, -0.2) is 35.4 Å². The summed E-state index contributed by atoms with van der Waals surface area (Å²) in [5.41, 5.74) is 0. The van der Waals surface area contributed by atoms with Crippen LogP contribution in [0.15, 0.2) is 0 Å². The first kappa shape index (κ1) is 8.08. The molecule has 0 aromatic rings. The van der Waals surface area contributed by atoms with Gasteiger partial charge in [0.25, 0.3) is 0 Å². The van der Waals surface area contributed by atoms with E-state index in [2.05, 4.69) is 4.90 Å². The van der Waals surface area contributed by atoms with Gasteiger partial charge in [-0.3, -0.25) is 9.69 Å². The predicted octanol–water partition coefficient (Wildman–Crippen LogP) is 0.972. The molecule has 1 heterocycles. The minimum absolute atomic E-state index is 0.280. The number of rotatable bonds is 2. The van der Waals surface area contributed by atoms with Gasteiger partial charge in [0.05, 0.1) is 6.54 Å². The first-order chi connectivity index (χ1) is 4.79. The van der Waals surface area contributed by atoms with Crippen LogP contribution in [0.3, 0.4) is 0 Å². The fourth-order valence-corrected chi connectivity index (χ4v) is 2.03. The lowest BCUT2D eigenvalue weighted by Gasteiger charge is -2.24. The molecule has 1 aliphatic heterocycles. The number of nitrogens with zero attached hydrogens (tertiary/aromatic N) is 1. The van der Waals surface area contributed by atoms with Crippen molar-refractivity contribution in [1.29, 1.82) is 0 Å². The van der Waals surface area contributed by atoms with Crippen molar-refractivity contribution < 1.29 is 4.79 Å². The van der Waals surface area contributed by atoms with E-state index < -0.39 is 0 Å². The second-order valence-corrected chi connectivity index (χ2v) is 3.72. The van der Waals surface area contributed by atoms with E-state index in [4.69, 9.17) is 0 Å². The molecule has 2 nitrogen and oxygen atoms in total. The fourth-order valence-electron chi connectivity index (χ4n) is 1.09. The van der Waals surface area contributed by atoms with E-state index in [1.54, 1.807) is 6.92 Å². The second kappa shape index (κ2) is 3.98. The van der Waals surface area contributed by atoms with Gasteiger partial charge in [-0.2, -0.15) is 0 Å². The number of hydrogen-bond donors (Lipinski definition) is 0. The average Bonchev–Trinajstić information content (AvgIpc) is 1.88. The van der Waals surface area contributed by atoms with Gasteiger partial charge in [-0.25, -0.2) is 0 Å². The van der Waals surface area contributed by atoms with E-state index in [0.29, 0.717) is 6.54 Å². The highest BCUT2D eigenvalue weighted by Gasteiger charge is 2.10. The Kier molecular flexibility index (Phi) is 3.22. The monoisotopic (exact) mass is 159 g/mol. The summed E-state index contributed by atoms with van der Waals surface area (Å²) in [6.07, 6.45) is 1.23. The number of carbonyl (C=O) groups excluding carboxylic acids is 1. The highest BCUT2D eigenvalue weighted by atomic mass is 32.2. The maximum absolute atomic E-state index is 10.7. The van der Waals surface area contributed by atoms with Gasteiger partial charge in [0, 0.05) is 12.4 Å². The van der Waals surface area contributed by atoms with Crippen LogP contribution in [0.1, 0.15) is 13.3 Å². The molecule has 0 bridgehead atoms. The van der Waals surface area contributed by atoms with Crippen molar-refractivity contribution in [2.24, 2.45) is 0 Å². The van der Waals surface area contributed by atoms with Crippen LogP contribution in [0.5, 0.6) is 0 Å². The Morgan fingerprint density at radius 1 is 1.70 bits per heavy atom. The van der Waals surface area contributed by atoms with Crippen molar-refractivity contribution >= 4 is 17.5 Å². The molecule has 0 atom stereocenters. The summed E-state index contributed by atoms with van der Waals surface area (Å²) >= 11 is 1.92. The summed E-state index contributed by atoms with van der Waals surface area (Å²) < 4.78 is 0. The van der Waals surface area contributed by atoms with E-state index in [1.165, 1.54) is 12.2 Å². The van der Waals surface area contributed by atoms with Gasteiger partial charge in [-0.1, -0.05) is 0 Å². The summed E-state index contributed by atoms with van der Waals surface area (Å²) in [7, 11) is 0. The highest BCUT2D eigenvalue weighted by Crippen LogP contribution is 2.12. The number of carbonyl (C=O) groups is 1. The number of ketones is 1. The van der Waals surface area contributed by atoms with Gasteiger partial charge in [-0.15, -0.1) is 11.8 Å². The van der Waals surface area contributed by atoms with E-state index in [0.717, 1.165) is 12.4 Å². The van der Waals surface area contributed by atoms with E-state index in [-0.39, 0.29) is 5.78 Å². The molecule has 1 rings (SSSR count). The van der Waals surface area contributed by atoms with E-state index >= 15 is 0 Å². The Morgan fingerprint density at radius 3 is 3.00 bits per heavy atom. The molecule has 0 amide bonds. The third kappa shape index (κ3) is 2.71. The first-order valence-electron chi connectivity index (χ1n) is 3.58. The molecule has 0 saturated carbocycles. The summed E-state index contributed by atoms with van der Waals surface area (Å²) in [5.74, 6) is 2.58. The maximum Gasteiger partial charge on any atom is 0.143 e. The van der Waals surface area contributed by atoms with Crippen molar-refractivity contribution in [3.63, 3.8) is 0 Å². The average molecular weight is 159 g/mol. The highest BCUT2D eigenvalue weighted by molar-refractivity contribution is 7.99. The number of hydrogen-bond acceptors (Lipinski definition) is 3. The van der Waals surface area contributed by atoms with Crippen LogP contribution in [0, 0.1) is 0 Å². The molecule has 0 N–H and O–H groups in total. The Balaban J connectivity index is 2.19. The molecule has 0 radical (unpaired) electrons. The molecule has 58 valence electrons. The fraction of sp³-hybridized carbons (Fsp3) is 0.857. The molecular formula is C7H13NOS. The molecular weight excluding hydrogens is 146 g/mol. The standard InChI is InChI=1S/C7H13NOS/c1-7(9)5-8-3-2-4-10-6-8/h2-6H2,1H3. The van der Waals surface area contributed by atoms with Gasteiger partial charge >= 0.3 is 0 Å². The van der Waals surface area contributed by atoms with Crippen LogP contribution in [0.2, 0.25) is 0 Å². The topological polar surface area (TPSA) is 20.3 Å². The second-order valence-electron chi connectivity index (χ2n) is 2.65. The van der Waals surface area contributed by atoms with Crippen LogP contribution in [-0.2, 0) is 4.79 Å². The quantitative estimate of drug-likeness (QED) is 0.599.